The first-order valence-corrected chi connectivity index (χ1v) is 6.98. The second-order valence-corrected chi connectivity index (χ2v) is 4.36. The van der Waals surface area contributed by atoms with Crippen molar-refractivity contribution in [2.45, 2.75) is 13.2 Å². The highest BCUT2D eigenvalue weighted by Gasteiger charge is 1.95. The van der Waals surface area contributed by atoms with Gasteiger partial charge in [0.25, 0.3) is 0 Å². The van der Waals surface area contributed by atoms with Crippen LogP contribution in [0.3, 0.4) is 0 Å². The molecule has 0 saturated heterocycles. The van der Waals surface area contributed by atoms with Crippen LogP contribution in [0.15, 0.2) is 48.8 Å². The van der Waals surface area contributed by atoms with Gasteiger partial charge in [0.15, 0.2) is 0 Å². The number of nitrogens with zero attached hydrogens (tertiary/aromatic N) is 2. The molecule has 5 heteroatoms. The highest BCUT2D eigenvalue weighted by Crippen LogP contribution is 1.97. The maximum Gasteiger partial charge on any atom is 0.0889 e. The Morgan fingerprint density at radius 2 is 1.10 bits per heavy atom. The van der Waals surface area contributed by atoms with E-state index in [1.165, 1.54) is 0 Å². The summed E-state index contributed by atoms with van der Waals surface area (Å²) in [5, 5.41) is 0. The molecule has 0 radical (unpaired) electrons. The van der Waals surface area contributed by atoms with Crippen molar-refractivity contribution >= 4 is 0 Å². The first kappa shape index (κ1) is 15.6. The summed E-state index contributed by atoms with van der Waals surface area (Å²) in [6, 6.07) is 11.5. The Morgan fingerprint density at radius 3 is 1.52 bits per heavy atom. The zero-order chi connectivity index (χ0) is 14.6. The van der Waals surface area contributed by atoms with Crippen LogP contribution in [0, 0.1) is 0 Å². The van der Waals surface area contributed by atoms with Gasteiger partial charge >= 0.3 is 0 Å². The van der Waals surface area contributed by atoms with Crippen molar-refractivity contribution < 1.29 is 14.2 Å². The Balaban J connectivity index is 1.40. The number of ether oxygens (including phenoxy) is 3. The monoisotopic (exact) mass is 288 g/mol. The molecule has 0 amide bonds. The molecule has 2 aromatic rings. The number of hydrogen-bond donors (Lipinski definition) is 0. The van der Waals surface area contributed by atoms with Crippen molar-refractivity contribution in [1.82, 2.24) is 9.97 Å². The van der Waals surface area contributed by atoms with E-state index in [9.17, 15) is 0 Å². The molecular weight excluding hydrogens is 268 g/mol. The van der Waals surface area contributed by atoms with Gasteiger partial charge in [0, 0.05) is 12.4 Å². The van der Waals surface area contributed by atoms with Gasteiger partial charge in [-0.3, -0.25) is 9.97 Å². The van der Waals surface area contributed by atoms with Crippen molar-refractivity contribution in [1.29, 1.82) is 0 Å². The van der Waals surface area contributed by atoms with Crippen molar-refractivity contribution in [3.8, 4) is 0 Å². The smallest absolute Gasteiger partial charge is 0.0889 e. The summed E-state index contributed by atoms with van der Waals surface area (Å²) in [7, 11) is 0. The largest absolute Gasteiger partial charge is 0.377 e. The van der Waals surface area contributed by atoms with Gasteiger partial charge in [0.05, 0.1) is 51.0 Å². The van der Waals surface area contributed by atoms with Crippen LogP contribution in [0.5, 0.6) is 0 Å². The first-order chi connectivity index (χ1) is 10.4. The van der Waals surface area contributed by atoms with Gasteiger partial charge in [-0.1, -0.05) is 12.1 Å². The fourth-order valence-electron chi connectivity index (χ4n) is 1.66. The fraction of sp³-hybridized carbons (Fsp3) is 0.375. The average molecular weight is 288 g/mol. The molecule has 0 unspecified atom stereocenters. The molecule has 0 aliphatic heterocycles. The first-order valence-electron chi connectivity index (χ1n) is 6.98. The molecule has 2 aromatic heterocycles. The minimum atomic E-state index is 0.514. The van der Waals surface area contributed by atoms with E-state index in [-0.39, 0.29) is 0 Å². The van der Waals surface area contributed by atoms with E-state index in [0.717, 1.165) is 11.4 Å². The van der Waals surface area contributed by atoms with Gasteiger partial charge in [-0.2, -0.15) is 0 Å². The molecule has 112 valence electrons. The van der Waals surface area contributed by atoms with E-state index < -0.39 is 0 Å². The Bertz CT molecular complexity index is 434. The number of rotatable bonds is 10. The Kier molecular flexibility index (Phi) is 7.40. The zero-order valence-electron chi connectivity index (χ0n) is 12.0. The van der Waals surface area contributed by atoms with E-state index in [2.05, 4.69) is 9.97 Å². The Hall–Kier alpha value is -1.82. The van der Waals surface area contributed by atoms with Gasteiger partial charge in [-0.25, -0.2) is 0 Å². The molecule has 5 nitrogen and oxygen atoms in total. The number of pyridine rings is 2. The summed E-state index contributed by atoms with van der Waals surface area (Å²) in [6.45, 7) is 3.24. The highest BCUT2D eigenvalue weighted by molar-refractivity contribution is 5.02. The normalized spacial score (nSPS) is 10.7. The molecule has 2 heterocycles. The van der Waals surface area contributed by atoms with E-state index in [1.54, 1.807) is 12.4 Å². The fourth-order valence-corrected chi connectivity index (χ4v) is 1.66. The maximum absolute atomic E-state index is 5.46. The second-order valence-electron chi connectivity index (χ2n) is 4.36. The summed E-state index contributed by atoms with van der Waals surface area (Å²) in [4.78, 5) is 8.35. The van der Waals surface area contributed by atoms with Crippen molar-refractivity contribution in [2.24, 2.45) is 0 Å². The predicted molar refractivity (Wildman–Crippen MR) is 78.6 cm³/mol. The lowest BCUT2D eigenvalue weighted by molar-refractivity contribution is 0.00602. The van der Waals surface area contributed by atoms with Crippen LogP contribution in [0.2, 0.25) is 0 Å². The van der Waals surface area contributed by atoms with Crippen LogP contribution in [0.4, 0.5) is 0 Å². The van der Waals surface area contributed by atoms with Gasteiger partial charge in [0.1, 0.15) is 0 Å². The molecule has 0 atom stereocenters. The lowest BCUT2D eigenvalue weighted by Gasteiger charge is -2.06. The van der Waals surface area contributed by atoms with Crippen molar-refractivity contribution in [3.05, 3.63) is 60.2 Å². The molecule has 0 aromatic carbocycles. The molecular formula is C16H20N2O3. The molecule has 0 bridgehead atoms. The molecule has 0 fully saturated rings. The van der Waals surface area contributed by atoms with E-state index in [1.807, 2.05) is 36.4 Å². The Labute approximate surface area is 124 Å². The van der Waals surface area contributed by atoms with Gasteiger partial charge < -0.3 is 14.2 Å². The molecule has 0 N–H and O–H groups in total. The average Bonchev–Trinajstić information content (AvgIpc) is 2.55. The van der Waals surface area contributed by atoms with Crippen molar-refractivity contribution in [3.63, 3.8) is 0 Å². The van der Waals surface area contributed by atoms with Gasteiger partial charge in [0.2, 0.25) is 0 Å². The third-order valence-corrected chi connectivity index (χ3v) is 2.70. The van der Waals surface area contributed by atoms with Crippen LogP contribution in [0.1, 0.15) is 11.4 Å². The molecule has 0 saturated carbocycles. The SMILES string of the molecule is c1ccc(COCCOCCOCc2ccccn2)nc1. The van der Waals surface area contributed by atoms with Crippen LogP contribution < -0.4 is 0 Å². The molecule has 0 aliphatic carbocycles. The van der Waals surface area contributed by atoms with Crippen LogP contribution in [-0.4, -0.2) is 36.4 Å². The Morgan fingerprint density at radius 1 is 0.619 bits per heavy atom. The molecule has 0 aliphatic rings. The van der Waals surface area contributed by atoms with E-state index >= 15 is 0 Å². The van der Waals surface area contributed by atoms with E-state index in [4.69, 9.17) is 14.2 Å². The highest BCUT2D eigenvalue weighted by atomic mass is 16.5. The van der Waals surface area contributed by atoms with Gasteiger partial charge in [-0.15, -0.1) is 0 Å². The van der Waals surface area contributed by atoms with Gasteiger partial charge in [-0.05, 0) is 24.3 Å². The topological polar surface area (TPSA) is 53.5 Å². The third-order valence-electron chi connectivity index (χ3n) is 2.70. The lowest BCUT2D eigenvalue weighted by atomic mass is 10.4. The number of hydrogen-bond acceptors (Lipinski definition) is 5. The summed E-state index contributed by atoms with van der Waals surface area (Å²) >= 11 is 0. The minimum Gasteiger partial charge on any atom is -0.377 e. The molecule has 2 rings (SSSR count). The quantitative estimate of drug-likeness (QED) is 0.627. The summed E-state index contributed by atoms with van der Waals surface area (Å²) in [5.41, 5.74) is 1.85. The summed E-state index contributed by atoms with van der Waals surface area (Å²) in [6.07, 6.45) is 3.52. The van der Waals surface area contributed by atoms with Crippen molar-refractivity contribution in [2.75, 3.05) is 26.4 Å². The lowest BCUT2D eigenvalue weighted by Crippen LogP contribution is -2.09. The molecule has 21 heavy (non-hydrogen) atoms. The summed E-state index contributed by atoms with van der Waals surface area (Å²) in [5.74, 6) is 0. The second kappa shape index (κ2) is 9.99. The maximum atomic E-state index is 5.46. The predicted octanol–water partition coefficient (Wildman–Crippen LogP) is 2.23. The third kappa shape index (κ3) is 6.94. The zero-order valence-corrected chi connectivity index (χ0v) is 12.0. The van der Waals surface area contributed by atoms with Crippen LogP contribution >= 0.6 is 0 Å². The number of aromatic nitrogens is 2. The standard InChI is InChI=1S/C16H20N2O3/c1-3-7-17-15(5-1)13-20-11-9-19-10-12-21-14-16-6-2-4-8-18-16/h1-8H,9-14H2. The summed E-state index contributed by atoms with van der Waals surface area (Å²) < 4.78 is 16.3. The minimum absolute atomic E-state index is 0.514. The molecule has 0 spiro atoms. The van der Waals surface area contributed by atoms with Crippen LogP contribution in [-0.2, 0) is 27.4 Å². The van der Waals surface area contributed by atoms with E-state index in [0.29, 0.717) is 39.6 Å². The van der Waals surface area contributed by atoms with Crippen LogP contribution in [0.25, 0.3) is 0 Å².